The number of rotatable bonds is 10. The number of nitrogens with two attached hydrogens (primary N) is 1. The number of benzene rings is 1. The number of hydrogen-bond acceptors (Lipinski definition) is 2. The topological polar surface area (TPSA) is 63.3 Å². The van der Waals surface area contributed by atoms with E-state index in [1.54, 1.807) is 12.1 Å². The van der Waals surface area contributed by atoms with Gasteiger partial charge in [-0.25, -0.2) is 4.79 Å². The summed E-state index contributed by atoms with van der Waals surface area (Å²) in [4.78, 5) is 10.9. The minimum atomic E-state index is -0.957. The Bertz CT molecular complexity index is 415. The average molecular weight is 277 g/mol. The fourth-order valence-corrected chi connectivity index (χ4v) is 2.43. The zero-order valence-corrected chi connectivity index (χ0v) is 12.5. The summed E-state index contributed by atoms with van der Waals surface area (Å²) < 4.78 is 0. The average Bonchev–Trinajstić information content (AvgIpc) is 2.41. The van der Waals surface area contributed by atoms with Gasteiger partial charge < -0.3 is 10.8 Å². The Morgan fingerprint density at radius 3 is 2.20 bits per heavy atom. The van der Waals surface area contributed by atoms with Gasteiger partial charge in [0.15, 0.2) is 0 Å². The monoisotopic (exact) mass is 277 g/mol. The lowest BCUT2D eigenvalue weighted by Gasteiger charge is -2.05. The lowest BCUT2D eigenvalue weighted by molar-refractivity contribution is 0.0698. The molecule has 3 heteroatoms. The van der Waals surface area contributed by atoms with Crippen molar-refractivity contribution in [2.45, 2.75) is 64.7 Å². The van der Waals surface area contributed by atoms with Crippen molar-refractivity contribution >= 4 is 11.7 Å². The van der Waals surface area contributed by atoms with E-state index in [4.69, 9.17) is 10.8 Å². The normalized spacial score (nSPS) is 10.7. The van der Waals surface area contributed by atoms with Gasteiger partial charge in [0.2, 0.25) is 0 Å². The van der Waals surface area contributed by atoms with Crippen LogP contribution in [0.25, 0.3) is 0 Å². The van der Waals surface area contributed by atoms with Gasteiger partial charge in [-0.15, -0.1) is 0 Å². The van der Waals surface area contributed by atoms with Crippen LogP contribution in [-0.4, -0.2) is 11.1 Å². The molecule has 0 saturated heterocycles. The van der Waals surface area contributed by atoms with E-state index < -0.39 is 5.97 Å². The second-order valence-corrected chi connectivity index (χ2v) is 5.45. The van der Waals surface area contributed by atoms with Crippen molar-refractivity contribution in [2.75, 3.05) is 5.73 Å². The zero-order valence-electron chi connectivity index (χ0n) is 12.5. The van der Waals surface area contributed by atoms with E-state index in [2.05, 4.69) is 6.92 Å². The third kappa shape index (κ3) is 6.09. The smallest absolute Gasteiger partial charge is 0.337 e. The molecule has 3 nitrogen and oxygen atoms in total. The van der Waals surface area contributed by atoms with Crippen LogP contribution in [0.2, 0.25) is 0 Å². The maximum Gasteiger partial charge on any atom is 0.337 e. The third-order valence-electron chi connectivity index (χ3n) is 3.67. The lowest BCUT2D eigenvalue weighted by Crippen LogP contribution is -2.03. The molecule has 0 aliphatic carbocycles. The van der Waals surface area contributed by atoms with Crippen LogP contribution in [-0.2, 0) is 6.42 Å². The number of unbranched alkanes of at least 4 members (excludes halogenated alkanes) is 7. The number of aryl methyl sites for hydroxylation is 1. The SMILES string of the molecule is CCCCCCCCCCc1ccc(C(=O)O)c(N)c1. The highest BCUT2D eigenvalue weighted by Crippen LogP contribution is 2.17. The molecule has 0 bridgehead atoms. The summed E-state index contributed by atoms with van der Waals surface area (Å²) in [5.74, 6) is -0.957. The van der Waals surface area contributed by atoms with Gasteiger partial charge in [-0.3, -0.25) is 0 Å². The van der Waals surface area contributed by atoms with Crippen molar-refractivity contribution in [1.82, 2.24) is 0 Å². The van der Waals surface area contributed by atoms with Gasteiger partial charge in [-0.2, -0.15) is 0 Å². The summed E-state index contributed by atoms with van der Waals surface area (Å²) in [6.45, 7) is 2.24. The van der Waals surface area contributed by atoms with Gasteiger partial charge in [-0.05, 0) is 30.5 Å². The number of carboxylic acids is 1. The Balaban J connectivity index is 2.19. The summed E-state index contributed by atoms with van der Waals surface area (Å²) >= 11 is 0. The molecule has 112 valence electrons. The highest BCUT2D eigenvalue weighted by atomic mass is 16.4. The molecule has 1 aromatic rings. The van der Waals surface area contributed by atoms with Crippen molar-refractivity contribution < 1.29 is 9.90 Å². The van der Waals surface area contributed by atoms with E-state index >= 15 is 0 Å². The van der Waals surface area contributed by atoms with E-state index in [-0.39, 0.29) is 5.56 Å². The Hall–Kier alpha value is -1.51. The molecule has 0 atom stereocenters. The first kappa shape index (κ1) is 16.5. The van der Waals surface area contributed by atoms with Gasteiger partial charge in [0.25, 0.3) is 0 Å². The molecule has 0 spiro atoms. The van der Waals surface area contributed by atoms with E-state index in [0.717, 1.165) is 18.4 Å². The minimum Gasteiger partial charge on any atom is -0.478 e. The van der Waals surface area contributed by atoms with Gasteiger partial charge in [0.05, 0.1) is 5.56 Å². The van der Waals surface area contributed by atoms with Crippen LogP contribution in [0.4, 0.5) is 5.69 Å². The number of anilines is 1. The molecule has 0 fully saturated rings. The number of hydrogen-bond donors (Lipinski definition) is 2. The molecule has 0 radical (unpaired) electrons. The van der Waals surface area contributed by atoms with Crippen molar-refractivity contribution in [1.29, 1.82) is 0 Å². The number of aromatic carboxylic acids is 1. The molecular weight excluding hydrogens is 250 g/mol. The van der Waals surface area contributed by atoms with Crippen molar-refractivity contribution in [3.63, 3.8) is 0 Å². The zero-order chi connectivity index (χ0) is 14.8. The number of carboxylic acid groups (broad SMARTS) is 1. The molecule has 0 aromatic heterocycles. The van der Waals surface area contributed by atoms with E-state index in [9.17, 15) is 4.79 Å². The Labute approximate surface area is 122 Å². The molecule has 0 heterocycles. The second kappa shape index (κ2) is 9.40. The standard InChI is InChI=1S/C17H27NO2/c1-2-3-4-5-6-7-8-9-10-14-11-12-15(17(19)20)16(18)13-14/h11-13H,2-10,18H2,1H3,(H,19,20). The molecule has 1 aromatic carbocycles. The van der Waals surface area contributed by atoms with Gasteiger partial charge in [-0.1, -0.05) is 57.9 Å². The van der Waals surface area contributed by atoms with Crippen LogP contribution in [0.1, 0.15) is 74.2 Å². The fourth-order valence-electron chi connectivity index (χ4n) is 2.43. The van der Waals surface area contributed by atoms with Crippen molar-refractivity contribution in [2.24, 2.45) is 0 Å². The fraction of sp³-hybridized carbons (Fsp3) is 0.588. The molecule has 0 saturated carbocycles. The molecular formula is C17H27NO2. The summed E-state index contributed by atoms with van der Waals surface area (Å²) in [6.07, 6.45) is 11.4. The van der Waals surface area contributed by atoms with Gasteiger partial charge >= 0.3 is 5.97 Å². The highest BCUT2D eigenvalue weighted by Gasteiger charge is 2.07. The molecule has 20 heavy (non-hydrogen) atoms. The van der Waals surface area contributed by atoms with Crippen LogP contribution in [0.15, 0.2) is 18.2 Å². The summed E-state index contributed by atoms with van der Waals surface area (Å²) in [7, 11) is 0. The summed E-state index contributed by atoms with van der Waals surface area (Å²) in [5.41, 5.74) is 7.45. The van der Waals surface area contributed by atoms with E-state index in [0.29, 0.717) is 5.69 Å². The van der Waals surface area contributed by atoms with E-state index in [1.807, 2.05) is 6.07 Å². The maximum atomic E-state index is 10.9. The van der Waals surface area contributed by atoms with Gasteiger partial charge in [0, 0.05) is 5.69 Å². The Morgan fingerprint density at radius 1 is 1.05 bits per heavy atom. The maximum absolute atomic E-state index is 10.9. The first-order valence-corrected chi connectivity index (χ1v) is 7.77. The predicted octanol–water partition coefficient (Wildman–Crippen LogP) is 4.65. The minimum absolute atomic E-state index is 0.199. The molecule has 3 N–H and O–H groups in total. The van der Waals surface area contributed by atoms with Gasteiger partial charge in [0.1, 0.15) is 0 Å². The van der Waals surface area contributed by atoms with E-state index in [1.165, 1.54) is 44.9 Å². The van der Waals surface area contributed by atoms with Crippen LogP contribution in [0.5, 0.6) is 0 Å². The predicted molar refractivity (Wildman–Crippen MR) is 84.1 cm³/mol. The van der Waals surface area contributed by atoms with Crippen molar-refractivity contribution in [3.05, 3.63) is 29.3 Å². The molecule has 0 aliphatic heterocycles. The van der Waals surface area contributed by atoms with Crippen LogP contribution in [0.3, 0.4) is 0 Å². The van der Waals surface area contributed by atoms with Crippen LogP contribution >= 0.6 is 0 Å². The van der Waals surface area contributed by atoms with Crippen LogP contribution in [0, 0.1) is 0 Å². The van der Waals surface area contributed by atoms with Crippen LogP contribution < -0.4 is 5.73 Å². The second-order valence-electron chi connectivity index (χ2n) is 5.45. The van der Waals surface area contributed by atoms with Crippen molar-refractivity contribution in [3.8, 4) is 0 Å². The first-order chi connectivity index (χ1) is 9.65. The quantitative estimate of drug-likeness (QED) is 0.483. The molecule has 0 aliphatic rings. The third-order valence-corrected chi connectivity index (χ3v) is 3.67. The molecule has 0 amide bonds. The summed E-state index contributed by atoms with van der Waals surface area (Å²) in [6, 6.07) is 5.28. The Kier molecular flexibility index (Phi) is 7.78. The first-order valence-electron chi connectivity index (χ1n) is 7.77. The molecule has 0 unspecified atom stereocenters. The molecule has 1 rings (SSSR count). The summed E-state index contributed by atoms with van der Waals surface area (Å²) in [5, 5.41) is 8.91. The number of carbonyl (C=O) groups is 1. The number of nitrogen functional groups attached to an aromatic ring is 1. The highest BCUT2D eigenvalue weighted by molar-refractivity contribution is 5.93. The Morgan fingerprint density at radius 2 is 1.65 bits per heavy atom. The lowest BCUT2D eigenvalue weighted by atomic mass is 10.0. The largest absolute Gasteiger partial charge is 0.478 e.